The number of rotatable bonds is 5. The quantitative estimate of drug-likeness (QED) is 0.597. The summed E-state index contributed by atoms with van der Waals surface area (Å²) >= 11 is 11.7. The molecule has 0 radical (unpaired) electrons. The molecule has 0 aromatic heterocycles. The van der Waals surface area contributed by atoms with Gasteiger partial charge in [0.05, 0.1) is 31.5 Å². The smallest absolute Gasteiger partial charge is 0.300 e. The summed E-state index contributed by atoms with van der Waals surface area (Å²) in [6.45, 7) is 0. The molecule has 0 saturated carbocycles. The molecule has 0 bridgehead atoms. The van der Waals surface area contributed by atoms with Crippen LogP contribution in [0.25, 0.3) is 0 Å². The second-order valence-corrected chi connectivity index (χ2v) is 6.17. The maximum atomic E-state index is 12.6. The lowest BCUT2D eigenvalue weighted by molar-refractivity contribution is -0.393. The van der Waals surface area contributed by atoms with E-state index in [0.717, 1.165) is 12.1 Å². The largest absolute Gasteiger partial charge is 0.371 e. The summed E-state index contributed by atoms with van der Waals surface area (Å²) < 4.78 is 0. The van der Waals surface area contributed by atoms with Gasteiger partial charge in [0.2, 0.25) is 0 Å². The van der Waals surface area contributed by atoms with Gasteiger partial charge in [-0.2, -0.15) is 0 Å². The molecule has 11 heteroatoms. The summed E-state index contributed by atoms with van der Waals surface area (Å²) in [5, 5.41) is 25.4. The third-order valence-electron chi connectivity index (χ3n) is 3.35. The number of nitrogens with zero attached hydrogens (tertiary/aromatic N) is 3. The number of nitrogens with one attached hydrogen (secondary N) is 1. The predicted molar refractivity (Wildman–Crippen MR) is 98.5 cm³/mol. The molecule has 2 aromatic rings. The molecule has 1 N–H and O–H groups in total. The summed E-state index contributed by atoms with van der Waals surface area (Å²) in [5.41, 5.74) is -1.12. The minimum absolute atomic E-state index is 0.0573. The number of nitro groups is 2. The van der Waals surface area contributed by atoms with Gasteiger partial charge in [0.25, 0.3) is 17.3 Å². The summed E-state index contributed by atoms with van der Waals surface area (Å²) in [7, 11) is 2.98. The van der Waals surface area contributed by atoms with E-state index in [1.807, 2.05) is 0 Å². The van der Waals surface area contributed by atoms with E-state index in [4.69, 9.17) is 23.2 Å². The summed E-state index contributed by atoms with van der Waals surface area (Å²) in [4.78, 5) is 34.8. The van der Waals surface area contributed by atoms with Crippen molar-refractivity contribution in [3.8, 4) is 0 Å². The number of non-ortho nitro benzene ring substituents is 1. The van der Waals surface area contributed by atoms with Crippen molar-refractivity contribution in [3.05, 3.63) is 66.2 Å². The van der Waals surface area contributed by atoms with Crippen LogP contribution in [0.2, 0.25) is 10.0 Å². The molecule has 0 heterocycles. The van der Waals surface area contributed by atoms with E-state index in [0.29, 0.717) is 0 Å². The zero-order valence-corrected chi connectivity index (χ0v) is 15.0. The van der Waals surface area contributed by atoms with Gasteiger partial charge < -0.3 is 10.2 Å². The van der Waals surface area contributed by atoms with Crippen molar-refractivity contribution < 1.29 is 14.6 Å². The standard InChI is InChI=1S/C15H12Cl2N4O5/c1-19(2)14-10(6-9(20(23)24)7-13(14)21(25)26)15(22)18-8-3-4-11(16)12(17)5-8/h3-7H,1-2H3,(H,18,22). The molecular formula is C15H12Cl2N4O5. The lowest BCUT2D eigenvalue weighted by atomic mass is 10.1. The first kappa shape index (κ1) is 19.4. The maximum Gasteiger partial charge on any atom is 0.300 e. The first-order valence-electron chi connectivity index (χ1n) is 7.02. The van der Waals surface area contributed by atoms with E-state index >= 15 is 0 Å². The lowest BCUT2D eigenvalue weighted by Gasteiger charge is -2.17. The first-order valence-corrected chi connectivity index (χ1v) is 7.78. The van der Waals surface area contributed by atoms with Crippen LogP contribution < -0.4 is 10.2 Å². The van der Waals surface area contributed by atoms with Crippen molar-refractivity contribution in [1.29, 1.82) is 0 Å². The van der Waals surface area contributed by atoms with E-state index in [1.165, 1.54) is 37.2 Å². The molecule has 0 aliphatic heterocycles. The zero-order chi connectivity index (χ0) is 19.6. The van der Waals surface area contributed by atoms with Gasteiger partial charge in [-0.15, -0.1) is 0 Å². The third-order valence-corrected chi connectivity index (χ3v) is 4.09. The van der Waals surface area contributed by atoms with Crippen molar-refractivity contribution in [2.75, 3.05) is 24.3 Å². The van der Waals surface area contributed by atoms with Crippen LogP contribution in [0, 0.1) is 20.2 Å². The normalized spacial score (nSPS) is 10.3. The second kappa shape index (κ2) is 7.54. The van der Waals surface area contributed by atoms with Crippen LogP contribution in [0.4, 0.5) is 22.7 Å². The number of halogens is 2. The highest BCUT2D eigenvalue weighted by Gasteiger charge is 2.28. The predicted octanol–water partition coefficient (Wildman–Crippen LogP) is 4.13. The minimum Gasteiger partial charge on any atom is -0.371 e. The van der Waals surface area contributed by atoms with Crippen molar-refractivity contribution in [3.63, 3.8) is 0 Å². The molecule has 0 fully saturated rings. The van der Waals surface area contributed by atoms with Gasteiger partial charge in [-0.25, -0.2) is 0 Å². The Labute approximate surface area is 157 Å². The second-order valence-electron chi connectivity index (χ2n) is 5.35. The minimum atomic E-state index is -0.803. The molecule has 0 spiro atoms. The van der Waals surface area contributed by atoms with Gasteiger partial charge in [0, 0.05) is 25.8 Å². The molecule has 2 aromatic carbocycles. The topological polar surface area (TPSA) is 119 Å². The highest BCUT2D eigenvalue weighted by Crippen LogP contribution is 2.36. The fraction of sp³-hybridized carbons (Fsp3) is 0.133. The van der Waals surface area contributed by atoms with Crippen molar-refractivity contribution in [2.24, 2.45) is 0 Å². The summed E-state index contributed by atoms with van der Waals surface area (Å²) in [5.74, 6) is -0.765. The molecule has 0 aliphatic carbocycles. The van der Waals surface area contributed by atoms with E-state index < -0.39 is 27.1 Å². The number of nitro benzene ring substituents is 2. The van der Waals surface area contributed by atoms with Gasteiger partial charge in [0.1, 0.15) is 5.69 Å². The van der Waals surface area contributed by atoms with E-state index in [9.17, 15) is 25.0 Å². The summed E-state index contributed by atoms with van der Waals surface area (Å²) in [6.07, 6.45) is 0. The number of hydrogen-bond donors (Lipinski definition) is 1. The number of carbonyl (C=O) groups is 1. The van der Waals surface area contributed by atoms with Crippen molar-refractivity contribution >= 4 is 51.9 Å². The average molecular weight is 399 g/mol. The number of benzene rings is 2. The third kappa shape index (κ3) is 4.01. The number of hydrogen-bond acceptors (Lipinski definition) is 6. The van der Waals surface area contributed by atoms with E-state index in [2.05, 4.69) is 5.32 Å². The SMILES string of the molecule is CN(C)c1c(C(=O)Nc2ccc(Cl)c(Cl)c2)cc([N+](=O)[O-])cc1[N+](=O)[O-]. The van der Waals surface area contributed by atoms with Gasteiger partial charge in [-0.1, -0.05) is 23.2 Å². The molecule has 9 nitrogen and oxygen atoms in total. The van der Waals surface area contributed by atoms with Crippen LogP contribution in [-0.4, -0.2) is 29.8 Å². The van der Waals surface area contributed by atoms with Gasteiger partial charge in [-0.3, -0.25) is 25.0 Å². The van der Waals surface area contributed by atoms with Crippen LogP contribution in [0.3, 0.4) is 0 Å². The van der Waals surface area contributed by atoms with E-state index in [1.54, 1.807) is 0 Å². The molecular weight excluding hydrogens is 387 g/mol. The molecule has 0 aliphatic rings. The Bertz CT molecular complexity index is 917. The molecule has 0 saturated heterocycles. The average Bonchev–Trinajstić information content (AvgIpc) is 2.56. The Balaban J connectivity index is 2.57. The van der Waals surface area contributed by atoms with Gasteiger partial charge in [0.15, 0.2) is 0 Å². The van der Waals surface area contributed by atoms with Crippen LogP contribution in [0.1, 0.15) is 10.4 Å². The molecule has 26 heavy (non-hydrogen) atoms. The van der Waals surface area contributed by atoms with Crippen LogP contribution in [0.15, 0.2) is 30.3 Å². The Hall–Kier alpha value is -2.91. The van der Waals surface area contributed by atoms with Crippen LogP contribution in [0.5, 0.6) is 0 Å². The fourth-order valence-electron chi connectivity index (χ4n) is 2.26. The molecule has 136 valence electrons. The van der Waals surface area contributed by atoms with E-state index in [-0.39, 0.29) is 27.0 Å². The molecule has 2 rings (SSSR count). The highest BCUT2D eigenvalue weighted by atomic mass is 35.5. The molecule has 1 amide bonds. The molecule has 0 unspecified atom stereocenters. The monoisotopic (exact) mass is 398 g/mol. The number of carbonyl (C=O) groups excluding carboxylic acids is 1. The molecule has 0 atom stereocenters. The highest BCUT2D eigenvalue weighted by molar-refractivity contribution is 6.42. The summed E-state index contributed by atoms with van der Waals surface area (Å²) in [6, 6.07) is 6.12. The van der Waals surface area contributed by atoms with Crippen LogP contribution in [-0.2, 0) is 0 Å². The Morgan fingerprint density at radius 1 is 1.04 bits per heavy atom. The van der Waals surface area contributed by atoms with Crippen molar-refractivity contribution in [2.45, 2.75) is 0 Å². The maximum absolute atomic E-state index is 12.6. The van der Waals surface area contributed by atoms with Crippen LogP contribution >= 0.6 is 23.2 Å². The zero-order valence-electron chi connectivity index (χ0n) is 13.5. The first-order chi connectivity index (χ1) is 12.1. The number of amides is 1. The fourth-order valence-corrected chi connectivity index (χ4v) is 2.56. The Morgan fingerprint density at radius 2 is 1.69 bits per heavy atom. The lowest BCUT2D eigenvalue weighted by Crippen LogP contribution is -2.20. The number of anilines is 2. The Kier molecular flexibility index (Phi) is 5.63. The van der Waals surface area contributed by atoms with Crippen molar-refractivity contribution in [1.82, 2.24) is 0 Å². The van der Waals surface area contributed by atoms with Gasteiger partial charge in [-0.05, 0) is 18.2 Å². The Morgan fingerprint density at radius 3 is 2.19 bits per heavy atom. The van der Waals surface area contributed by atoms with Gasteiger partial charge >= 0.3 is 0 Å².